The molecule has 2 aliphatic rings. The average molecular weight is 409 g/mol. The second kappa shape index (κ2) is 6.94. The van der Waals surface area contributed by atoms with Gasteiger partial charge in [-0.05, 0) is 31.7 Å². The molecule has 4 heterocycles. The zero-order chi connectivity index (χ0) is 19.2. The van der Waals surface area contributed by atoms with Gasteiger partial charge in [-0.3, -0.25) is 9.48 Å². The van der Waals surface area contributed by atoms with E-state index in [4.69, 9.17) is 0 Å². The second-order valence-electron chi connectivity index (χ2n) is 7.31. The molecule has 2 fully saturated rings. The summed E-state index contributed by atoms with van der Waals surface area (Å²) in [5, 5.41) is 8.48. The van der Waals surface area contributed by atoms with Crippen molar-refractivity contribution in [1.29, 1.82) is 0 Å². The van der Waals surface area contributed by atoms with Crippen LogP contribution < -0.4 is 4.90 Å². The Morgan fingerprint density at radius 1 is 1.22 bits per heavy atom. The van der Waals surface area contributed by atoms with Crippen LogP contribution in [0.25, 0.3) is 0 Å². The molecular formula is C18H24N4O3S2. The highest BCUT2D eigenvalue weighted by Crippen LogP contribution is 2.31. The fraction of sp³-hybridized carbons (Fsp3) is 0.556. The molecule has 1 atom stereocenters. The van der Waals surface area contributed by atoms with Crippen molar-refractivity contribution < 1.29 is 13.2 Å². The van der Waals surface area contributed by atoms with Crippen molar-refractivity contribution in [3.05, 3.63) is 33.8 Å². The molecule has 0 spiro atoms. The summed E-state index contributed by atoms with van der Waals surface area (Å²) in [6, 6.07) is 1.80. The first-order chi connectivity index (χ1) is 12.9. The summed E-state index contributed by atoms with van der Waals surface area (Å²) in [6.45, 7) is 6.86. The van der Waals surface area contributed by atoms with Crippen LogP contribution in [0.1, 0.15) is 34.2 Å². The SMILES string of the molecule is Cc1nn(C2CCS(=O)(=O)C2)c(C)c1N1CCN(C(=O)c2ccsc2)CC1. The smallest absolute Gasteiger partial charge is 0.254 e. The van der Waals surface area contributed by atoms with E-state index >= 15 is 0 Å². The minimum absolute atomic E-state index is 0.0658. The molecule has 146 valence electrons. The number of nitrogens with zero attached hydrogens (tertiary/aromatic N) is 4. The number of rotatable bonds is 3. The van der Waals surface area contributed by atoms with Crippen LogP contribution >= 0.6 is 11.3 Å². The predicted molar refractivity (Wildman–Crippen MR) is 106 cm³/mol. The zero-order valence-corrected chi connectivity index (χ0v) is 17.2. The molecule has 2 aromatic heterocycles. The quantitative estimate of drug-likeness (QED) is 0.775. The van der Waals surface area contributed by atoms with E-state index in [1.165, 1.54) is 11.3 Å². The molecule has 1 unspecified atom stereocenters. The van der Waals surface area contributed by atoms with Crippen LogP contribution in [0.3, 0.4) is 0 Å². The summed E-state index contributed by atoms with van der Waals surface area (Å²) in [5.74, 6) is 0.516. The minimum atomic E-state index is -2.94. The molecule has 9 heteroatoms. The number of hydrogen-bond donors (Lipinski definition) is 0. The molecule has 0 aliphatic carbocycles. The van der Waals surface area contributed by atoms with Crippen molar-refractivity contribution in [1.82, 2.24) is 14.7 Å². The van der Waals surface area contributed by atoms with Crippen molar-refractivity contribution in [2.75, 3.05) is 42.6 Å². The summed E-state index contributed by atoms with van der Waals surface area (Å²) in [5.41, 5.74) is 3.79. The first kappa shape index (κ1) is 18.5. The fourth-order valence-corrected chi connectivity index (χ4v) is 6.46. The number of amides is 1. The monoisotopic (exact) mass is 408 g/mol. The number of hydrogen-bond acceptors (Lipinski definition) is 6. The van der Waals surface area contributed by atoms with Crippen molar-refractivity contribution in [2.24, 2.45) is 0 Å². The summed E-state index contributed by atoms with van der Waals surface area (Å²) >= 11 is 1.54. The predicted octanol–water partition coefficient (Wildman–Crippen LogP) is 1.88. The third kappa shape index (κ3) is 3.50. The summed E-state index contributed by atoms with van der Waals surface area (Å²) in [7, 11) is -2.94. The van der Waals surface area contributed by atoms with E-state index in [1.807, 2.05) is 40.3 Å². The molecule has 0 saturated carbocycles. The van der Waals surface area contributed by atoms with Crippen LogP contribution in [-0.2, 0) is 9.84 Å². The first-order valence-corrected chi connectivity index (χ1v) is 11.9. The van der Waals surface area contributed by atoms with Gasteiger partial charge in [0.2, 0.25) is 0 Å². The van der Waals surface area contributed by atoms with Gasteiger partial charge in [0, 0.05) is 31.6 Å². The van der Waals surface area contributed by atoms with Gasteiger partial charge in [-0.1, -0.05) is 0 Å². The standard InChI is InChI=1S/C18H24N4O3S2/c1-13-17(14(2)22(19-13)16-4-10-27(24,25)12-16)20-5-7-21(8-6-20)18(23)15-3-9-26-11-15/h3,9,11,16H,4-8,10,12H2,1-2H3. The fourth-order valence-electron chi connectivity index (χ4n) is 4.14. The Kier molecular flexibility index (Phi) is 4.75. The van der Waals surface area contributed by atoms with Gasteiger partial charge in [-0.2, -0.15) is 16.4 Å². The van der Waals surface area contributed by atoms with Crippen molar-refractivity contribution in [2.45, 2.75) is 26.3 Å². The number of anilines is 1. The molecule has 2 saturated heterocycles. The topological polar surface area (TPSA) is 75.5 Å². The Morgan fingerprint density at radius 2 is 1.96 bits per heavy atom. The van der Waals surface area contributed by atoms with Crippen molar-refractivity contribution >= 4 is 32.8 Å². The molecule has 2 aliphatic heterocycles. The van der Waals surface area contributed by atoms with E-state index in [0.717, 1.165) is 35.7 Å². The van der Waals surface area contributed by atoms with Gasteiger partial charge in [-0.25, -0.2) is 8.42 Å². The van der Waals surface area contributed by atoms with Gasteiger partial charge in [0.05, 0.1) is 40.2 Å². The largest absolute Gasteiger partial charge is 0.365 e. The number of aryl methyl sites for hydroxylation is 1. The van der Waals surface area contributed by atoms with Gasteiger partial charge in [0.1, 0.15) is 0 Å². The summed E-state index contributed by atoms with van der Waals surface area (Å²) in [4.78, 5) is 16.7. The lowest BCUT2D eigenvalue weighted by Crippen LogP contribution is -2.49. The lowest BCUT2D eigenvalue weighted by molar-refractivity contribution is 0.0747. The first-order valence-electron chi connectivity index (χ1n) is 9.18. The van der Waals surface area contributed by atoms with Gasteiger partial charge in [0.15, 0.2) is 9.84 Å². The van der Waals surface area contributed by atoms with E-state index in [-0.39, 0.29) is 23.5 Å². The van der Waals surface area contributed by atoms with E-state index in [9.17, 15) is 13.2 Å². The second-order valence-corrected chi connectivity index (χ2v) is 10.3. The van der Waals surface area contributed by atoms with Crippen LogP contribution in [0, 0.1) is 13.8 Å². The highest BCUT2D eigenvalue weighted by molar-refractivity contribution is 7.91. The highest BCUT2D eigenvalue weighted by atomic mass is 32.2. The third-order valence-corrected chi connectivity index (χ3v) is 7.93. The van der Waals surface area contributed by atoms with Gasteiger partial charge in [-0.15, -0.1) is 0 Å². The van der Waals surface area contributed by atoms with Gasteiger partial charge >= 0.3 is 0 Å². The lowest BCUT2D eigenvalue weighted by atomic mass is 10.2. The maximum atomic E-state index is 12.5. The van der Waals surface area contributed by atoms with E-state index < -0.39 is 9.84 Å². The Labute approximate surface area is 163 Å². The van der Waals surface area contributed by atoms with Gasteiger partial charge < -0.3 is 9.80 Å². The number of sulfone groups is 1. The van der Waals surface area contributed by atoms with Crippen LogP contribution in [0.4, 0.5) is 5.69 Å². The lowest BCUT2D eigenvalue weighted by Gasteiger charge is -2.36. The molecule has 7 nitrogen and oxygen atoms in total. The maximum absolute atomic E-state index is 12.5. The van der Waals surface area contributed by atoms with Gasteiger partial charge in [0.25, 0.3) is 5.91 Å². The van der Waals surface area contributed by atoms with E-state index in [1.54, 1.807) is 0 Å². The molecule has 4 rings (SSSR count). The molecule has 0 radical (unpaired) electrons. The Balaban J connectivity index is 1.48. The average Bonchev–Trinajstić information content (AvgIpc) is 3.35. The Hall–Kier alpha value is -1.87. The van der Waals surface area contributed by atoms with Crippen molar-refractivity contribution in [3.63, 3.8) is 0 Å². The maximum Gasteiger partial charge on any atom is 0.254 e. The van der Waals surface area contributed by atoms with Crippen LogP contribution in [0.2, 0.25) is 0 Å². The number of aromatic nitrogens is 2. The summed E-state index contributed by atoms with van der Waals surface area (Å²) in [6.07, 6.45) is 0.632. The van der Waals surface area contributed by atoms with Crippen molar-refractivity contribution in [3.8, 4) is 0 Å². The third-order valence-electron chi connectivity index (χ3n) is 5.49. The number of carbonyl (C=O) groups excluding carboxylic acids is 1. The van der Waals surface area contributed by atoms with Crippen LogP contribution in [-0.4, -0.2) is 66.7 Å². The Morgan fingerprint density at radius 3 is 2.56 bits per heavy atom. The molecule has 0 N–H and O–H groups in total. The molecular weight excluding hydrogens is 384 g/mol. The minimum Gasteiger partial charge on any atom is -0.365 e. The highest BCUT2D eigenvalue weighted by Gasteiger charge is 2.33. The number of piperazine rings is 1. The normalized spacial score (nSPS) is 22.4. The molecule has 27 heavy (non-hydrogen) atoms. The van der Waals surface area contributed by atoms with Crippen LogP contribution in [0.15, 0.2) is 16.8 Å². The molecule has 2 aromatic rings. The molecule has 0 aromatic carbocycles. The Bertz CT molecular complexity index is 942. The van der Waals surface area contributed by atoms with E-state index in [0.29, 0.717) is 19.5 Å². The van der Waals surface area contributed by atoms with E-state index in [2.05, 4.69) is 10.00 Å². The molecule has 0 bridgehead atoms. The summed E-state index contributed by atoms with van der Waals surface area (Å²) < 4.78 is 25.6. The number of thiophene rings is 1. The molecule has 1 amide bonds. The van der Waals surface area contributed by atoms with Crippen LogP contribution in [0.5, 0.6) is 0 Å². The zero-order valence-electron chi connectivity index (χ0n) is 15.6. The number of carbonyl (C=O) groups is 1.